The van der Waals surface area contributed by atoms with Gasteiger partial charge in [0, 0.05) is 13.2 Å². The van der Waals surface area contributed by atoms with Crippen LogP contribution in [0.25, 0.3) is 0 Å². The Bertz CT molecular complexity index is 423. The summed E-state index contributed by atoms with van der Waals surface area (Å²) in [7, 11) is 1.55. The molecule has 1 amide bonds. The summed E-state index contributed by atoms with van der Waals surface area (Å²) in [5.41, 5.74) is -0.571. The number of rotatable bonds is 3. The van der Waals surface area contributed by atoms with Gasteiger partial charge in [-0.1, -0.05) is 0 Å². The van der Waals surface area contributed by atoms with Gasteiger partial charge in [-0.15, -0.1) is 0 Å². The zero-order valence-corrected chi connectivity index (χ0v) is 12.1. The molecule has 0 aromatic carbocycles. The van der Waals surface area contributed by atoms with E-state index in [2.05, 4.69) is 4.37 Å². The van der Waals surface area contributed by atoms with Gasteiger partial charge in [-0.3, -0.25) is 4.79 Å². The first kappa shape index (κ1) is 14.6. The van der Waals surface area contributed by atoms with Crippen molar-refractivity contribution in [1.29, 1.82) is 0 Å². The van der Waals surface area contributed by atoms with Crippen LogP contribution in [-0.4, -0.2) is 39.8 Å². The molecular formula is C12H18N2O3S. The average Bonchev–Trinajstić information content (AvgIpc) is 2.77. The SMILES string of the molecule is C[C@@H](C(=O)c1ccns1)N(C)C(=O)OC(C)(C)C. The fourth-order valence-electron chi connectivity index (χ4n) is 1.22. The van der Waals surface area contributed by atoms with Crippen LogP contribution >= 0.6 is 11.5 Å². The topological polar surface area (TPSA) is 59.5 Å². The van der Waals surface area contributed by atoms with E-state index in [-0.39, 0.29) is 5.78 Å². The third-order valence-corrected chi connectivity index (χ3v) is 3.08. The largest absolute Gasteiger partial charge is 0.444 e. The molecule has 6 heteroatoms. The molecule has 1 rings (SSSR count). The summed E-state index contributed by atoms with van der Waals surface area (Å²) in [6.07, 6.45) is 1.06. The molecule has 0 aliphatic carbocycles. The van der Waals surface area contributed by atoms with Crippen molar-refractivity contribution in [3.63, 3.8) is 0 Å². The van der Waals surface area contributed by atoms with Gasteiger partial charge in [0.2, 0.25) is 0 Å². The lowest BCUT2D eigenvalue weighted by atomic mass is 10.1. The van der Waals surface area contributed by atoms with E-state index in [0.29, 0.717) is 4.88 Å². The van der Waals surface area contributed by atoms with E-state index in [9.17, 15) is 9.59 Å². The second kappa shape index (κ2) is 5.48. The van der Waals surface area contributed by atoms with Gasteiger partial charge in [-0.25, -0.2) is 9.17 Å². The number of hydrogen-bond donors (Lipinski definition) is 0. The third-order valence-electron chi connectivity index (χ3n) is 2.32. The van der Waals surface area contributed by atoms with Crippen molar-refractivity contribution in [1.82, 2.24) is 9.27 Å². The molecule has 0 aliphatic heterocycles. The number of ether oxygens (including phenoxy) is 1. The fraction of sp³-hybridized carbons (Fsp3) is 0.583. The maximum absolute atomic E-state index is 12.0. The molecule has 1 atom stereocenters. The molecule has 5 nitrogen and oxygen atoms in total. The summed E-state index contributed by atoms with van der Waals surface area (Å²) < 4.78 is 9.09. The second-order valence-electron chi connectivity index (χ2n) is 5.01. The summed E-state index contributed by atoms with van der Waals surface area (Å²) in [6.45, 7) is 7.03. The third kappa shape index (κ3) is 3.80. The lowest BCUT2D eigenvalue weighted by molar-refractivity contribution is 0.0232. The highest BCUT2D eigenvalue weighted by atomic mass is 32.1. The van der Waals surface area contributed by atoms with E-state index in [1.807, 2.05) is 0 Å². The predicted molar refractivity (Wildman–Crippen MR) is 69.9 cm³/mol. The van der Waals surface area contributed by atoms with Crippen LogP contribution in [0.2, 0.25) is 0 Å². The minimum Gasteiger partial charge on any atom is -0.444 e. The van der Waals surface area contributed by atoms with Crippen molar-refractivity contribution in [2.45, 2.75) is 39.3 Å². The monoisotopic (exact) mass is 270 g/mol. The first-order valence-electron chi connectivity index (χ1n) is 5.63. The highest BCUT2D eigenvalue weighted by Crippen LogP contribution is 2.14. The van der Waals surface area contributed by atoms with Gasteiger partial charge in [0.15, 0.2) is 5.78 Å². The summed E-state index contributed by atoms with van der Waals surface area (Å²) in [6, 6.07) is 1.08. The summed E-state index contributed by atoms with van der Waals surface area (Å²) >= 11 is 1.12. The van der Waals surface area contributed by atoms with Crippen LogP contribution in [0, 0.1) is 0 Å². The van der Waals surface area contributed by atoms with Crippen LogP contribution in [0.1, 0.15) is 37.4 Å². The molecule has 0 radical (unpaired) electrons. The van der Waals surface area contributed by atoms with Crippen molar-refractivity contribution >= 4 is 23.4 Å². The van der Waals surface area contributed by atoms with Crippen LogP contribution in [0.5, 0.6) is 0 Å². The first-order chi connectivity index (χ1) is 8.22. The number of hydrogen-bond acceptors (Lipinski definition) is 5. The van der Waals surface area contributed by atoms with E-state index in [1.165, 1.54) is 4.90 Å². The van der Waals surface area contributed by atoms with Gasteiger partial charge in [0.1, 0.15) is 5.60 Å². The molecule has 0 spiro atoms. The molecule has 0 fully saturated rings. The second-order valence-corrected chi connectivity index (χ2v) is 5.84. The Morgan fingerprint density at radius 1 is 1.44 bits per heavy atom. The summed E-state index contributed by atoms with van der Waals surface area (Å²) in [5, 5.41) is 0. The van der Waals surface area contributed by atoms with Gasteiger partial charge in [-0.05, 0) is 45.3 Å². The maximum Gasteiger partial charge on any atom is 0.410 e. The molecular weight excluding hydrogens is 252 g/mol. The van der Waals surface area contributed by atoms with Crippen molar-refractivity contribution in [3.05, 3.63) is 17.1 Å². The van der Waals surface area contributed by atoms with E-state index in [1.54, 1.807) is 47.0 Å². The highest BCUT2D eigenvalue weighted by Gasteiger charge is 2.28. The van der Waals surface area contributed by atoms with Crippen molar-refractivity contribution in [2.75, 3.05) is 7.05 Å². The molecule has 18 heavy (non-hydrogen) atoms. The van der Waals surface area contributed by atoms with E-state index in [4.69, 9.17) is 4.74 Å². The van der Waals surface area contributed by atoms with Crippen molar-refractivity contribution in [3.8, 4) is 0 Å². The number of carbonyl (C=O) groups excluding carboxylic acids is 2. The Labute approximate surface area is 111 Å². The van der Waals surface area contributed by atoms with Crippen LogP contribution < -0.4 is 0 Å². The van der Waals surface area contributed by atoms with Crippen LogP contribution in [0.4, 0.5) is 4.79 Å². The van der Waals surface area contributed by atoms with Crippen molar-refractivity contribution in [2.24, 2.45) is 0 Å². The first-order valence-corrected chi connectivity index (χ1v) is 6.40. The lowest BCUT2D eigenvalue weighted by Gasteiger charge is -2.27. The predicted octanol–water partition coefficient (Wildman–Crippen LogP) is 2.58. The van der Waals surface area contributed by atoms with Crippen LogP contribution in [-0.2, 0) is 4.74 Å². The smallest absolute Gasteiger partial charge is 0.410 e. The normalized spacial score (nSPS) is 12.9. The number of aromatic nitrogens is 1. The Balaban J connectivity index is 2.69. The van der Waals surface area contributed by atoms with Gasteiger partial charge in [0.25, 0.3) is 0 Å². The molecule has 0 bridgehead atoms. The number of likely N-dealkylation sites (N-methyl/N-ethyl adjacent to an activating group) is 1. The number of amides is 1. The van der Waals surface area contributed by atoms with Crippen LogP contribution in [0.3, 0.4) is 0 Å². The average molecular weight is 270 g/mol. The number of carbonyl (C=O) groups is 2. The number of Topliss-reactive ketones (excluding diaryl/α,β-unsaturated/α-hetero) is 1. The minimum atomic E-state index is -0.571. The molecule has 0 saturated heterocycles. The van der Waals surface area contributed by atoms with Gasteiger partial charge >= 0.3 is 6.09 Å². The number of ketones is 1. The van der Waals surface area contributed by atoms with E-state index < -0.39 is 17.7 Å². The zero-order chi connectivity index (χ0) is 13.9. The summed E-state index contributed by atoms with van der Waals surface area (Å²) in [4.78, 5) is 25.7. The Hall–Kier alpha value is -1.43. The Morgan fingerprint density at radius 2 is 2.06 bits per heavy atom. The Kier molecular flexibility index (Phi) is 4.45. The molecule has 1 aromatic rings. The molecule has 0 aliphatic rings. The molecule has 1 heterocycles. The van der Waals surface area contributed by atoms with Crippen LogP contribution in [0.15, 0.2) is 12.3 Å². The molecule has 0 unspecified atom stereocenters. The Morgan fingerprint density at radius 3 is 2.50 bits per heavy atom. The lowest BCUT2D eigenvalue weighted by Crippen LogP contribution is -2.43. The zero-order valence-electron chi connectivity index (χ0n) is 11.3. The molecule has 1 aromatic heterocycles. The quantitative estimate of drug-likeness (QED) is 0.792. The van der Waals surface area contributed by atoms with Gasteiger partial charge in [0.05, 0.1) is 10.9 Å². The molecule has 0 saturated carbocycles. The molecule has 0 N–H and O–H groups in total. The van der Waals surface area contributed by atoms with Gasteiger partial charge in [-0.2, -0.15) is 0 Å². The highest BCUT2D eigenvalue weighted by molar-refractivity contribution is 7.08. The minimum absolute atomic E-state index is 0.133. The summed E-state index contributed by atoms with van der Waals surface area (Å²) in [5.74, 6) is -0.133. The van der Waals surface area contributed by atoms with E-state index >= 15 is 0 Å². The standard InChI is InChI=1S/C12H18N2O3S/c1-8(10(15)9-6-7-13-18-9)14(5)11(16)17-12(2,3)4/h6-8H,1-5H3/t8-/m0/s1. The van der Waals surface area contributed by atoms with Gasteiger partial charge < -0.3 is 9.64 Å². The van der Waals surface area contributed by atoms with E-state index in [0.717, 1.165) is 11.5 Å². The molecule has 100 valence electrons. The maximum atomic E-state index is 12.0. The fourth-order valence-corrected chi connectivity index (χ4v) is 1.83. The number of nitrogens with zero attached hydrogens (tertiary/aromatic N) is 2. The van der Waals surface area contributed by atoms with Crippen molar-refractivity contribution < 1.29 is 14.3 Å².